The van der Waals surface area contributed by atoms with Gasteiger partial charge in [0.1, 0.15) is 0 Å². The van der Waals surface area contributed by atoms with Crippen LogP contribution in [-0.4, -0.2) is 18.0 Å². The SMILES string of the molecule is Cc1ccccc1/C=C/C(=O)O[C@@H](C)C(=O)Nc1cccc(Cl)c1C. The molecule has 0 radical (unpaired) electrons. The van der Waals surface area contributed by atoms with Gasteiger partial charge in [-0.2, -0.15) is 0 Å². The molecule has 0 aromatic heterocycles. The van der Waals surface area contributed by atoms with Gasteiger partial charge >= 0.3 is 5.97 Å². The fourth-order valence-electron chi connectivity index (χ4n) is 2.18. The van der Waals surface area contributed by atoms with Crippen LogP contribution in [0.25, 0.3) is 6.08 Å². The minimum absolute atomic E-state index is 0.414. The molecule has 0 unspecified atom stereocenters. The van der Waals surface area contributed by atoms with Crippen molar-refractivity contribution in [2.75, 3.05) is 5.32 Å². The fraction of sp³-hybridized carbons (Fsp3) is 0.200. The lowest BCUT2D eigenvalue weighted by molar-refractivity contribution is -0.148. The maximum Gasteiger partial charge on any atom is 0.331 e. The number of rotatable bonds is 5. The minimum atomic E-state index is -0.924. The molecule has 0 heterocycles. The third kappa shape index (κ3) is 5.19. The Morgan fingerprint density at radius 2 is 1.84 bits per heavy atom. The second-order valence-corrected chi connectivity index (χ2v) is 6.08. The summed E-state index contributed by atoms with van der Waals surface area (Å²) in [7, 11) is 0. The number of halogens is 1. The first kappa shape index (κ1) is 18.7. The number of aryl methyl sites for hydroxylation is 1. The fourth-order valence-corrected chi connectivity index (χ4v) is 2.35. The van der Waals surface area contributed by atoms with Crippen LogP contribution in [0.2, 0.25) is 5.02 Å². The van der Waals surface area contributed by atoms with Crippen LogP contribution in [0.15, 0.2) is 48.5 Å². The Labute approximate surface area is 152 Å². The predicted octanol–water partition coefficient (Wildman–Crippen LogP) is 4.54. The van der Waals surface area contributed by atoms with Crippen LogP contribution in [0.3, 0.4) is 0 Å². The molecule has 2 rings (SSSR count). The van der Waals surface area contributed by atoms with E-state index in [0.717, 1.165) is 16.7 Å². The summed E-state index contributed by atoms with van der Waals surface area (Å²) in [5, 5.41) is 3.27. The number of hydrogen-bond acceptors (Lipinski definition) is 3. The zero-order valence-corrected chi connectivity index (χ0v) is 15.1. The van der Waals surface area contributed by atoms with E-state index in [9.17, 15) is 9.59 Å². The van der Waals surface area contributed by atoms with Gasteiger partial charge in [-0.05, 0) is 55.7 Å². The molecule has 130 valence electrons. The number of esters is 1. The predicted molar refractivity (Wildman–Crippen MR) is 101 cm³/mol. The van der Waals surface area contributed by atoms with E-state index in [1.54, 1.807) is 31.2 Å². The molecule has 5 heteroatoms. The first-order valence-corrected chi connectivity index (χ1v) is 8.26. The summed E-state index contributed by atoms with van der Waals surface area (Å²) in [4.78, 5) is 24.1. The number of anilines is 1. The van der Waals surface area contributed by atoms with Crippen molar-refractivity contribution >= 4 is 35.2 Å². The number of nitrogens with one attached hydrogen (secondary N) is 1. The standard InChI is InChI=1S/C20H20ClNO3/c1-13-7-4-5-8-16(13)11-12-19(23)25-15(3)20(24)22-18-10-6-9-17(21)14(18)2/h4-12,15H,1-3H3,(H,22,24)/b12-11+/t15-/m0/s1. The molecular weight excluding hydrogens is 338 g/mol. The van der Waals surface area contributed by atoms with Crippen molar-refractivity contribution in [3.05, 3.63) is 70.3 Å². The van der Waals surface area contributed by atoms with Crippen LogP contribution >= 0.6 is 11.6 Å². The van der Waals surface area contributed by atoms with Crippen molar-refractivity contribution in [1.29, 1.82) is 0 Å². The van der Waals surface area contributed by atoms with Gasteiger partial charge in [-0.25, -0.2) is 4.79 Å². The molecule has 1 amide bonds. The zero-order valence-electron chi connectivity index (χ0n) is 14.4. The van der Waals surface area contributed by atoms with Gasteiger partial charge in [0, 0.05) is 16.8 Å². The minimum Gasteiger partial charge on any atom is -0.449 e. The Kier molecular flexibility index (Phi) is 6.37. The van der Waals surface area contributed by atoms with E-state index >= 15 is 0 Å². The lowest BCUT2D eigenvalue weighted by atomic mass is 10.1. The van der Waals surface area contributed by atoms with Crippen LogP contribution in [0, 0.1) is 13.8 Å². The largest absolute Gasteiger partial charge is 0.449 e. The molecule has 0 aliphatic heterocycles. The molecule has 0 aliphatic rings. The molecular formula is C20H20ClNO3. The van der Waals surface area contributed by atoms with Crippen LogP contribution in [0.4, 0.5) is 5.69 Å². The number of carbonyl (C=O) groups is 2. The molecule has 0 spiro atoms. The average molecular weight is 358 g/mol. The van der Waals surface area contributed by atoms with Gasteiger partial charge in [0.05, 0.1) is 0 Å². The van der Waals surface area contributed by atoms with Gasteiger partial charge in [-0.3, -0.25) is 4.79 Å². The topological polar surface area (TPSA) is 55.4 Å². The second-order valence-electron chi connectivity index (χ2n) is 5.67. The molecule has 2 aromatic rings. The first-order valence-electron chi connectivity index (χ1n) is 7.89. The van der Waals surface area contributed by atoms with Crippen molar-refractivity contribution in [3.8, 4) is 0 Å². The summed E-state index contributed by atoms with van der Waals surface area (Å²) in [5.74, 6) is -0.989. The Balaban J connectivity index is 1.95. The number of hydrogen-bond donors (Lipinski definition) is 1. The first-order chi connectivity index (χ1) is 11.9. The second kappa shape index (κ2) is 8.49. The number of ether oxygens (including phenoxy) is 1. The molecule has 25 heavy (non-hydrogen) atoms. The van der Waals surface area contributed by atoms with E-state index in [0.29, 0.717) is 10.7 Å². The third-order valence-corrected chi connectivity index (χ3v) is 4.18. The van der Waals surface area contributed by atoms with Gasteiger partial charge in [0.25, 0.3) is 5.91 Å². The van der Waals surface area contributed by atoms with Crippen molar-refractivity contribution < 1.29 is 14.3 Å². The normalized spacial score (nSPS) is 12.0. The Bertz CT molecular complexity index is 814. The number of amides is 1. The summed E-state index contributed by atoms with van der Waals surface area (Å²) in [5.41, 5.74) is 3.33. The van der Waals surface area contributed by atoms with E-state index in [1.807, 2.05) is 31.2 Å². The van der Waals surface area contributed by atoms with E-state index in [4.69, 9.17) is 16.3 Å². The summed E-state index contributed by atoms with van der Waals surface area (Å²) in [6.07, 6.45) is 2.06. The van der Waals surface area contributed by atoms with Crippen LogP contribution in [-0.2, 0) is 14.3 Å². The molecule has 1 N–H and O–H groups in total. The van der Waals surface area contributed by atoms with Gasteiger partial charge < -0.3 is 10.1 Å². The highest BCUT2D eigenvalue weighted by atomic mass is 35.5. The van der Waals surface area contributed by atoms with E-state index < -0.39 is 18.0 Å². The average Bonchev–Trinajstić information content (AvgIpc) is 2.58. The maximum absolute atomic E-state index is 12.2. The Hall–Kier alpha value is -2.59. The highest BCUT2D eigenvalue weighted by molar-refractivity contribution is 6.31. The lowest BCUT2D eigenvalue weighted by Gasteiger charge is -2.14. The maximum atomic E-state index is 12.2. The van der Waals surface area contributed by atoms with E-state index in [1.165, 1.54) is 13.0 Å². The number of carbonyl (C=O) groups excluding carboxylic acids is 2. The molecule has 0 bridgehead atoms. The van der Waals surface area contributed by atoms with Gasteiger partial charge in [-0.15, -0.1) is 0 Å². The highest BCUT2D eigenvalue weighted by Gasteiger charge is 2.17. The Morgan fingerprint density at radius 3 is 2.56 bits per heavy atom. The van der Waals surface area contributed by atoms with Crippen LogP contribution in [0.1, 0.15) is 23.6 Å². The summed E-state index contributed by atoms with van der Waals surface area (Å²) in [6.45, 7) is 5.28. The van der Waals surface area contributed by atoms with Gasteiger partial charge in [0.2, 0.25) is 0 Å². The molecule has 0 aliphatic carbocycles. The number of benzene rings is 2. The third-order valence-electron chi connectivity index (χ3n) is 3.78. The van der Waals surface area contributed by atoms with Crippen molar-refractivity contribution in [3.63, 3.8) is 0 Å². The highest BCUT2D eigenvalue weighted by Crippen LogP contribution is 2.23. The molecule has 1 atom stereocenters. The van der Waals surface area contributed by atoms with E-state index in [-0.39, 0.29) is 0 Å². The molecule has 0 saturated carbocycles. The summed E-state index contributed by atoms with van der Waals surface area (Å²) < 4.78 is 5.15. The van der Waals surface area contributed by atoms with Gasteiger partial charge in [0.15, 0.2) is 6.10 Å². The van der Waals surface area contributed by atoms with Crippen molar-refractivity contribution in [2.45, 2.75) is 26.9 Å². The van der Waals surface area contributed by atoms with Crippen LogP contribution < -0.4 is 5.32 Å². The monoisotopic (exact) mass is 357 g/mol. The summed E-state index contributed by atoms with van der Waals surface area (Å²) >= 11 is 6.03. The molecule has 4 nitrogen and oxygen atoms in total. The van der Waals surface area contributed by atoms with Crippen LogP contribution in [0.5, 0.6) is 0 Å². The molecule has 0 fully saturated rings. The van der Waals surface area contributed by atoms with E-state index in [2.05, 4.69) is 5.32 Å². The van der Waals surface area contributed by atoms with Gasteiger partial charge in [-0.1, -0.05) is 41.9 Å². The van der Waals surface area contributed by atoms with Crippen molar-refractivity contribution in [2.24, 2.45) is 0 Å². The lowest BCUT2D eigenvalue weighted by Crippen LogP contribution is -2.29. The quantitative estimate of drug-likeness (QED) is 0.631. The summed E-state index contributed by atoms with van der Waals surface area (Å²) in [6, 6.07) is 12.9. The molecule has 0 saturated heterocycles. The molecule has 2 aromatic carbocycles. The van der Waals surface area contributed by atoms with Crippen molar-refractivity contribution in [1.82, 2.24) is 0 Å². The Morgan fingerprint density at radius 1 is 1.12 bits per heavy atom. The zero-order chi connectivity index (χ0) is 18.4. The smallest absolute Gasteiger partial charge is 0.331 e.